The predicted octanol–water partition coefficient (Wildman–Crippen LogP) is -0.184. The molecule has 0 bridgehead atoms. The molecular weight excluding hydrogens is 288 g/mol. The van der Waals surface area contributed by atoms with Crippen LogP contribution in [0.3, 0.4) is 0 Å². The number of carbonyl (C=O) groups is 3. The van der Waals surface area contributed by atoms with Gasteiger partial charge in [-0.2, -0.15) is 0 Å². The molecule has 8 heteroatoms. The van der Waals surface area contributed by atoms with Crippen molar-refractivity contribution in [2.24, 2.45) is 0 Å². The van der Waals surface area contributed by atoms with Gasteiger partial charge in [0, 0.05) is 7.05 Å². The fraction of sp³-hybridized carbons (Fsp3) is 0.500. The molecule has 2 rings (SSSR count). The average molecular weight is 308 g/mol. The lowest BCUT2D eigenvalue weighted by molar-refractivity contribution is -0.127. The van der Waals surface area contributed by atoms with Gasteiger partial charge < -0.3 is 15.1 Å². The fourth-order valence-corrected chi connectivity index (χ4v) is 2.43. The maximum Gasteiger partial charge on any atom is 0.321 e. The standard InChI is InChI=1S/C14H20N4O4/c1-15-14(21)17-12(19)9-18-6-2-5-11(18)13(20)16-8-10-4-3-7-22-10/h3-4,7,11H,2,5-6,8-9H2,1H3,(H,16,20)(H2,15,17,19,21). The number of hydrogen-bond acceptors (Lipinski definition) is 5. The molecule has 1 atom stereocenters. The van der Waals surface area contributed by atoms with Gasteiger partial charge in [-0.25, -0.2) is 4.79 Å². The Hall–Kier alpha value is -2.35. The van der Waals surface area contributed by atoms with Crippen molar-refractivity contribution < 1.29 is 18.8 Å². The Balaban J connectivity index is 1.82. The smallest absolute Gasteiger partial charge is 0.321 e. The quantitative estimate of drug-likeness (QED) is 0.700. The van der Waals surface area contributed by atoms with Crippen LogP contribution in [0.5, 0.6) is 0 Å². The Bertz CT molecular complexity index is 529. The first-order valence-electron chi connectivity index (χ1n) is 7.16. The molecule has 4 amide bonds. The number of amides is 4. The number of nitrogens with one attached hydrogen (secondary N) is 3. The molecule has 8 nitrogen and oxygen atoms in total. The SMILES string of the molecule is CNC(=O)NC(=O)CN1CCCC1C(=O)NCc1ccco1. The largest absolute Gasteiger partial charge is 0.467 e. The van der Waals surface area contributed by atoms with Crippen LogP contribution in [0.2, 0.25) is 0 Å². The van der Waals surface area contributed by atoms with Gasteiger partial charge in [-0.3, -0.25) is 19.8 Å². The molecule has 0 aromatic carbocycles. The highest BCUT2D eigenvalue weighted by molar-refractivity contribution is 5.95. The van der Waals surface area contributed by atoms with E-state index in [0.29, 0.717) is 25.3 Å². The first kappa shape index (κ1) is 16.0. The molecule has 0 saturated carbocycles. The van der Waals surface area contributed by atoms with Crippen molar-refractivity contribution in [3.8, 4) is 0 Å². The lowest BCUT2D eigenvalue weighted by Crippen LogP contribution is -2.48. The highest BCUT2D eigenvalue weighted by atomic mass is 16.3. The van der Waals surface area contributed by atoms with E-state index in [2.05, 4.69) is 16.0 Å². The Kier molecular flexibility index (Phi) is 5.54. The molecule has 0 aliphatic carbocycles. The van der Waals surface area contributed by atoms with Gasteiger partial charge in [0.15, 0.2) is 0 Å². The van der Waals surface area contributed by atoms with Crippen molar-refractivity contribution in [1.82, 2.24) is 20.9 Å². The lowest BCUT2D eigenvalue weighted by atomic mass is 10.2. The number of furan rings is 1. The highest BCUT2D eigenvalue weighted by Gasteiger charge is 2.31. The van der Waals surface area contributed by atoms with E-state index < -0.39 is 11.9 Å². The molecule has 3 N–H and O–H groups in total. The van der Waals surface area contributed by atoms with Crippen LogP contribution in [0.1, 0.15) is 18.6 Å². The first-order chi connectivity index (χ1) is 10.6. The summed E-state index contributed by atoms with van der Waals surface area (Å²) in [5, 5.41) is 7.30. The van der Waals surface area contributed by atoms with Crippen LogP contribution in [0.4, 0.5) is 4.79 Å². The van der Waals surface area contributed by atoms with Gasteiger partial charge in [0.05, 0.1) is 25.4 Å². The molecule has 0 spiro atoms. The summed E-state index contributed by atoms with van der Waals surface area (Å²) in [5.41, 5.74) is 0. The van der Waals surface area contributed by atoms with E-state index >= 15 is 0 Å². The van der Waals surface area contributed by atoms with Crippen LogP contribution in [0.15, 0.2) is 22.8 Å². The van der Waals surface area contributed by atoms with E-state index in [4.69, 9.17) is 4.42 Å². The third-order valence-corrected chi connectivity index (χ3v) is 3.51. The summed E-state index contributed by atoms with van der Waals surface area (Å²) < 4.78 is 5.16. The zero-order valence-corrected chi connectivity index (χ0v) is 12.4. The molecule has 120 valence electrons. The van der Waals surface area contributed by atoms with Crippen LogP contribution >= 0.6 is 0 Å². The molecule has 1 aromatic rings. The average Bonchev–Trinajstić information content (AvgIpc) is 3.15. The number of likely N-dealkylation sites (tertiary alicyclic amines) is 1. The van der Waals surface area contributed by atoms with Crippen LogP contribution in [-0.4, -0.2) is 48.9 Å². The first-order valence-corrected chi connectivity index (χ1v) is 7.16. The van der Waals surface area contributed by atoms with Gasteiger partial charge >= 0.3 is 6.03 Å². The maximum absolute atomic E-state index is 12.2. The second-order valence-electron chi connectivity index (χ2n) is 5.05. The minimum absolute atomic E-state index is 0.0201. The molecule has 0 radical (unpaired) electrons. The van der Waals surface area contributed by atoms with Crippen LogP contribution < -0.4 is 16.0 Å². The summed E-state index contributed by atoms with van der Waals surface area (Å²) in [5.74, 6) is 0.113. The molecule has 22 heavy (non-hydrogen) atoms. The predicted molar refractivity (Wildman–Crippen MR) is 77.7 cm³/mol. The van der Waals surface area contributed by atoms with Crippen molar-refractivity contribution >= 4 is 17.8 Å². The second kappa shape index (κ2) is 7.60. The van der Waals surface area contributed by atoms with Crippen molar-refractivity contribution in [2.75, 3.05) is 20.1 Å². The van der Waals surface area contributed by atoms with Gasteiger partial charge in [0.25, 0.3) is 0 Å². The number of hydrogen-bond donors (Lipinski definition) is 3. The summed E-state index contributed by atoms with van der Waals surface area (Å²) in [6.45, 7) is 0.993. The van der Waals surface area contributed by atoms with E-state index in [9.17, 15) is 14.4 Å². The van der Waals surface area contributed by atoms with Crippen LogP contribution in [0.25, 0.3) is 0 Å². The Morgan fingerprint density at radius 2 is 2.23 bits per heavy atom. The summed E-state index contributed by atoms with van der Waals surface area (Å²) >= 11 is 0. The summed E-state index contributed by atoms with van der Waals surface area (Å²) in [7, 11) is 1.43. The van der Waals surface area contributed by atoms with Crippen molar-refractivity contribution in [3.05, 3.63) is 24.2 Å². The summed E-state index contributed by atoms with van der Waals surface area (Å²) in [6, 6.07) is 2.63. The van der Waals surface area contributed by atoms with Crippen molar-refractivity contribution in [3.63, 3.8) is 0 Å². The Morgan fingerprint density at radius 1 is 1.41 bits per heavy atom. The number of imide groups is 1. The Labute approximate surface area is 128 Å². The molecule has 1 fully saturated rings. The van der Waals surface area contributed by atoms with E-state index in [-0.39, 0.29) is 18.5 Å². The van der Waals surface area contributed by atoms with Gasteiger partial charge in [0.2, 0.25) is 11.8 Å². The zero-order valence-electron chi connectivity index (χ0n) is 12.4. The molecule has 2 heterocycles. The van der Waals surface area contributed by atoms with Crippen molar-refractivity contribution in [2.45, 2.75) is 25.4 Å². The van der Waals surface area contributed by atoms with Crippen LogP contribution in [-0.2, 0) is 16.1 Å². The molecule has 1 aromatic heterocycles. The molecule has 1 aliphatic heterocycles. The van der Waals surface area contributed by atoms with Gasteiger partial charge in [-0.15, -0.1) is 0 Å². The van der Waals surface area contributed by atoms with E-state index in [1.54, 1.807) is 23.3 Å². The van der Waals surface area contributed by atoms with E-state index in [0.717, 1.165) is 6.42 Å². The number of rotatable bonds is 5. The summed E-state index contributed by atoms with van der Waals surface area (Å²) in [4.78, 5) is 36.8. The van der Waals surface area contributed by atoms with Gasteiger partial charge in [-0.05, 0) is 31.5 Å². The van der Waals surface area contributed by atoms with Crippen LogP contribution in [0, 0.1) is 0 Å². The van der Waals surface area contributed by atoms with Gasteiger partial charge in [-0.1, -0.05) is 0 Å². The minimum atomic E-state index is -0.553. The minimum Gasteiger partial charge on any atom is -0.467 e. The number of nitrogens with zero attached hydrogens (tertiary/aromatic N) is 1. The third-order valence-electron chi connectivity index (χ3n) is 3.51. The second-order valence-corrected chi connectivity index (χ2v) is 5.05. The third kappa shape index (κ3) is 4.32. The van der Waals surface area contributed by atoms with E-state index in [1.807, 2.05) is 0 Å². The highest BCUT2D eigenvalue weighted by Crippen LogP contribution is 2.17. The van der Waals surface area contributed by atoms with Crippen molar-refractivity contribution in [1.29, 1.82) is 0 Å². The number of urea groups is 1. The summed E-state index contributed by atoms with van der Waals surface area (Å²) in [6.07, 6.45) is 3.08. The fourth-order valence-electron chi connectivity index (χ4n) is 2.43. The maximum atomic E-state index is 12.2. The van der Waals surface area contributed by atoms with Gasteiger partial charge in [0.1, 0.15) is 5.76 Å². The molecule has 1 unspecified atom stereocenters. The zero-order chi connectivity index (χ0) is 15.9. The molecular formula is C14H20N4O4. The normalized spacial score (nSPS) is 18.0. The topological polar surface area (TPSA) is 104 Å². The monoisotopic (exact) mass is 308 g/mol. The van der Waals surface area contributed by atoms with E-state index in [1.165, 1.54) is 7.05 Å². The Morgan fingerprint density at radius 3 is 2.91 bits per heavy atom. The molecule has 1 saturated heterocycles. The number of carbonyl (C=O) groups excluding carboxylic acids is 3. The molecule has 1 aliphatic rings. The lowest BCUT2D eigenvalue weighted by Gasteiger charge is -2.22.